The van der Waals surface area contributed by atoms with Gasteiger partial charge in [0.05, 0.1) is 14.2 Å². The summed E-state index contributed by atoms with van der Waals surface area (Å²) in [6.45, 7) is 5.38. The van der Waals surface area contributed by atoms with Gasteiger partial charge in [-0.3, -0.25) is 4.79 Å². The normalized spacial score (nSPS) is 14.3. The van der Waals surface area contributed by atoms with Crippen LogP contribution in [-0.2, 0) is 4.79 Å². The first-order valence-corrected chi connectivity index (χ1v) is 10.7. The van der Waals surface area contributed by atoms with E-state index in [-0.39, 0.29) is 5.91 Å². The van der Waals surface area contributed by atoms with Gasteiger partial charge in [-0.25, -0.2) is 4.98 Å². The summed E-state index contributed by atoms with van der Waals surface area (Å²) in [5, 5.41) is 8.47. The van der Waals surface area contributed by atoms with Crippen LogP contribution >= 0.6 is 0 Å². The summed E-state index contributed by atoms with van der Waals surface area (Å²) in [4.78, 5) is 20.0. The van der Waals surface area contributed by atoms with E-state index in [1.54, 1.807) is 21.1 Å². The molecule has 2 aromatic carbocycles. The number of carbonyl (C=O) groups excluding carboxylic acids is 1. The van der Waals surface area contributed by atoms with Crippen molar-refractivity contribution < 1.29 is 14.3 Å². The van der Waals surface area contributed by atoms with Gasteiger partial charge in [-0.15, -0.1) is 0 Å². The number of benzene rings is 2. The molecule has 7 nitrogen and oxygen atoms in total. The van der Waals surface area contributed by atoms with Crippen LogP contribution in [0.15, 0.2) is 54.1 Å². The van der Waals surface area contributed by atoms with Crippen molar-refractivity contribution in [1.29, 1.82) is 0 Å². The van der Waals surface area contributed by atoms with E-state index >= 15 is 0 Å². The number of rotatable bonds is 6. The number of piperazine rings is 1. The maximum Gasteiger partial charge on any atom is 0.252 e. The Morgan fingerprint density at radius 3 is 2.56 bits per heavy atom. The number of amides is 1. The number of hydrogen-bond donors (Lipinski definition) is 2. The predicted octanol–water partition coefficient (Wildman–Crippen LogP) is 3.70. The molecule has 0 radical (unpaired) electrons. The molecule has 0 unspecified atom stereocenters. The number of fused-ring (bicyclic) bond motifs is 1. The SMILES string of the molecule is COc1ccc(/C=C(\C)C(=O)Nc2cc3ccccc3c(N3CCNCC3)n2)cc1OC. The van der Waals surface area contributed by atoms with E-state index in [1.807, 2.05) is 48.5 Å². The molecule has 0 aliphatic carbocycles. The van der Waals surface area contributed by atoms with Crippen LogP contribution in [0.3, 0.4) is 0 Å². The number of pyridine rings is 1. The third-order valence-electron chi connectivity index (χ3n) is 5.53. The summed E-state index contributed by atoms with van der Waals surface area (Å²) >= 11 is 0. The molecule has 1 aromatic heterocycles. The highest BCUT2D eigenvalue weighted by atomic mass is 16.5. The molecule has 3 aromatic rings. The largest absolute Gasteiger partial charge is 0.493 e. The van der Waals surface area contributed by atoms with Crippen LogP contribution in [0.2, 0.25) is 0 Å². The number of methoxy groups -OCH3 is 2. The number of nitrogens with one attached hydrogen (secondary N) is 2. The zero-order valence-corrected chi connectivity index (χ0v) is 18.6. The van der Waals surface area contributed by atoms with Crippen LogP contribution in [0.5, 0.6) is 11.5 Å². The van der Waals surface area contributed by atoms with Crippen molar-refractivity contribution in [2.45, 2.75) is 6.92 Å². The van der Waals surface area contributed by atoms with Gasteiger partial charge < -0.3 is 25.0 Å². The summed E-state index contributed by atoms with van der Waals surface area (Å²) < 4.78 is 10.6. The highest BCUT2D eigenvalue weighted by molar-refractivity contribution is 6.07. The van der Waals surface area contributed by atoms with Crippen LogP contribution in [-0.4, -0.2) is 51.3 Å². The molecule has 4 rings (SSSR count). The van der Waals surface area contributed by atoms with E-state index in [1.165, 1.54) is 0 Å². The van der Waals surface area contributed by atoms with Gasteiger partial charge in [-0.2, -0.15) is 0 Å². The molecule has 0 saturated carbocycles. The fourth-order valence-corrected chi connectivity index (χ4v) is 3.84. The molecule has 32 heavy (non-hydrogen) atoms. The number of anilines is 2. The Kier molecular flexibility index (Phi) is 6.56. The van der Waals surface area contributed by atoms with Crippen molar-refractivity contribution in [2.24, 2.45) is 0 Å². The molecule has 0 bridgehead atoms. The lowest BCUT2D eigenvalue weighted by molar-refractivity contribution is -0.112. The van der Waals surface area contributed by atoms with Gasteiger partial charge in [0.1, 0.15) is 11.6 Å². The molecule has 0 spiro atoms. The molecule has 1 fully saturated rings. The Balaban J connectivity index is 1.60. The van der Waals surface area contributed by atoms with E-state index in [0.29, 0.717) is 22.9 Å². The van der Waals surface area contributed by atoms with Crippen LogP contribution in [0.4, 0.5) is 11.6 Å². The third kappa shape index (κ3) is 4.68. The Bertz CT molecular complexity index is 1150. The third-order valence-corrected chi connectivity index (χ3v) is 5.53. The molecule has 1 saturated heterocycles. The molecule has 166 valence electrons. The van der Waals surface area contributed by atoms with Gasteiger partial charge in [0.15, 0.2) is 11.5 Å². The van der Waals surface area contributed by atoms with Gasteiger partial charge >= 0.3 is 0 Å². The summed E-state index contributed by atoms with van der Waals surface area (Å²) in [7, 11) is 3.18. The van der Waals surface area contributed by atoms with Crippen molar-refractivity contribution in [1.82, 2.24) is 10.3 Å². The Morgan fingerprint density at radius 2 is 1.81 bits per heavy atom. The van der Waals surface area contributed by atoms with Crippen LogP contribution in [0.25, 0.3) is 16.8 Å². The van der Waals surface area contributed by atoms with E-state index < -0.39 is 0 Å². The van der Waals surface area contributed by atoms with E-state index in [9.17, 15) is 4.79 Å². The minimum Gasteiger partial charge on any atom is -0.493 e. The molecule has 7 heteroatoms. The summed E-state index contributed by atoms with van der Waals surface area (Å²) in [5.74, 6) is 2.51. The predicted molar refractivity (Wildman–Crippen MR) is 129 cm³/mol. The molecule has 1 amide bonds. The fourth-order valence-electron chi connectivity index (χ4n) is 3.84. The van der Waals surface area contributed by atoms with Gasteiger partial charge in [-0.1, -0.05) is 30.3 Å². The zero-order chi connectivity index (χ0) is 22.5. The van der Waals surface area contributed by atoms with Crippen molar-refractivity contribution >= 4 is 34.4 Å². The molecule has 2 N–H and O–H groups in total. The Morgan fingerprint density at radius 1 is 1.06 bits per heavy atom. The second kappa shape index (κ2) is 9.70. The first-order chi connectivity index (χ1) is 15.6. The van der Waals surface area contributed by atoms with Crippen LogP contribution in [0.1, 0.15) is 12.5 Å². The van der Waals surface area contributed by atoms with Crippen molar-refractivity contribution in [3.05, 3.63) is 59.7 Å². The molecule has 1 aliphatic heterocycles. The highest BCUT2D eigenvalue weighted by Crippen LogP contribution is 2.30. The lowest BCUT2D eigenvalue weighted by atomic mass is 10.1. The Hall–Kier alpha value is -3.58. The fraction of sp³-hybridized carbons (Fsp3) is 0.280. The number of ether oxygens (including phenoxy) is 2. The number of nitrogens with zero attached hydrogens (tertiary/aromatic N) is 2. The van der Waals surface area contributed by atoms with Crippen LogP contribution in [0, 0.1) is 0 Å². The summed E-state index contributed by atoms with van der Waals surface area (Å²) in [5.41, 5.74) is 1.42. The topological polar surface area (TPSA) is 75.7 Å². The zero-order valence-electron chi connectivity index (χ0n) is 18.6. The average Bonchev–Trinajstić information content (AvgIpc) is 2.83. The smallest absolute Gasteiger partial charge is 0.252 e. The molecule has 2 heterocycles. The van der Waals surface area contributed by atoms with Crippen molar-refractivity contribution in [3.8, 4) is 11.5 Å². The molecular formula is C25H28N4O3. The van der Waals surface area contributed by atoms with Gasteiger partial charge in [0.25, 0.3) is 5.91 Å². The molecular weight excluding hydrogens is 404 g/mol. The lowest BCUT2D eigenvalue weighted by Gasteiger charge is -2.29. The number of carbonyl (C=O) groups is 1. The maximum atomic E-state index is 12.9. The van der Waals surface area contributed by atoms with Gasteiger partial charge in [-0.05, 0) is 42.1 Å². The van der Waals surface area contributed by atoms with E-state index in [4.69, 9.17) is 14.5 Å². The second-order valence-corrected chi connectivity index (χ2v) is 7.69. The summed E-state index contributed by atoms with van der Waals surface area (Å²) in [6.07, 6.45) is 1.82. The summed E-state index contributed by atoms with van der Waals surface area (Å²) in [6, 6.07) is 15.6. The van der Waals surface area contributed by atoms with Crippen molar-refractivity contribution in [2.75, 3.05) is 50.6 Å². The first kappa shape index (κ1) is 21.6. The average molecular weight is 433 g/mol. The molecule has 0 atom stereocenters. The number of aromatic nitrogens is 1. The minimum absolute atomic E-state index is 0.200. The monoisotopic (exact) mass is 432 g/mol. The molecule has 1 aliphatic rings. The second-order valence-electron chi connectivity index (χ2n) is 7.69. The quantitative estimate of drug-likeness (QED) is 0.579. The van der Waals surface area contributed by atoms with Gasteiger partial charge in [0.2, 0.25) is 0 Å². The number of hydrogen-bond acceptors (Lipinski definition) is 6. The highest BCUT2D eigenvalue weighted by Gasteiger charge is 2.17. The minimum atomic E-state index is -0.200. The maximum absolute atomic E-state index is 12.9. The van der Waals surface area contributed by atoms with Gasteiger partial charge in [0, 0.05) is 37.1 Å². The lowest BCUT2D eigenvalue weighted by Crippen LogP contribution is -2.44. The van der Waals surface area contributed by atoms with E-state index in [2.05, 4.69) is 21.6 Å². The van der Waals surface area contributed by atoms with Crippen LogP contribution < -0.4 is 25.0 Å². The van der Waals surface area contributed by atoms with Crippen molar-refractivity contribution in [3.63, 3.8) is 0 Å². The first-order valence-electron chi connectivity index (χ1n) is 10.7. The standard InChI is InChI=1S/C25H28N4O3/c1-17(14-18-8-9-21(31-2)22(15-18)32-3)25(30)28-23-16-19-6-4-5-7-20(19)24(27-23)29-12-10-26-11-13-29/h4-9,14-16,26H,10-13H2,1-3H3,(H,27,28,30)/b17-14+. The Labute approximate surface area is 188 Å². The van der Waals surface area contributed by atoms with E-state index in [0.717, 1.165) is 48.3 Å².